The van der Waals surface area contributed by atoms with Crippen LogP contribution in [0.3, 0.4) is 0 Å². The third-order valence-electron chi connectivity index (χ3n) is 5.68. The minimum Gasteiger partial charge on any atom is -0.481 e. The molecule has 0 saturated carbocycles. The second-order valence-electron chi connectivity index (χ2n) is 7.57. The summed E-state index contributed by atoms with van der Waals surface area (Å²) in [4.78, 5) is 28.2. The van der Waals surface area contributed by atoms with Crippen LogP contribution >= 0.6 is 0 Å². The highest BCUT2D eigenvalue weighted by molar-refractivity contribution is 5.81. The highest BCUT2D eigenvalue weighted by Gasteiger charge is 2.29. The topological polar surface area (TPSA) is 97.8 Å². The van der Waals surface area contributed by atoms with Crippen molar-refractivity contribution in [2.45, 2.75) is 24.8 Å². The maximum absolute atomic E-state index is 12.4. The van der Waals surface area contributed by atoms with Crippen molar-refractivity contribution in [1.82, 2.24) is 10.3 Å². The largest absolute Gasteiger partial charge is 0.481 e. The van der Waals surface area contributed by atoms with Crippen molar-refractivity contribution < 1.29 is 24.2 Å². The molecule has 164 valence electrons. The molecule has 0 radical (unpaired) electrons. The Morgan fingerprint density at radius 2 is 1.69 bits per heavy atom. The molecule has 7 nitrogen and oxygen atoms in total. The zero-order valence-electron chi connectivity index (χ0n) is 17.7. The predicted octanol–water partition coefficient (Wildman–Crippen LogP) is 4.01. The summed E-state index contributed by atoms with van der Waals surface area (Å²) in [7, 11) is 1.51. The molecule has 7 heteroatoms. The number of nitrogens with zero attached hydrogens (tertiary/aromatic N) is 1. The van der Waals surface area contributed by atoms with E-state index in [0.29, 0.717) is 12.3 Å². The molecule has 0 aliphatic heterocycles. The lowest BCUT2D eigenvalue weighted by Gasteiger charge is -2.17. The van der Waals surface area contributed by atoms with E-state index < -0.39 is 18.1 Å². The minimum absolute atomic E-state index is 0.0870. The number of benzene rings is 2. The van der Waals surface area contributed by atoms with Gasteiger partial charge in [-0.2, -0.15) is 0 Å². The van der Waals surface area contributed by atoms with Gasteiger partial charge in [0.15, 0.2) is 0 Å². The van der Waals surface area contributed by atoms with E-state index in [2.05, 4.69) is 22.4 Å². The molecule has 1 aliphatic carbocycles. The van der Waals surface area contributed by atoms with Crippen LogP contribution in [0.15, 0.2) is 66.9 Å². The van der Waals surface area contributed by atoms with Crippen LogP contribution in [0.4, 0.5) is 4.79 Å². The molecule has 32 heavy (non-hydrogen) atoms. The van der Waals surface area contributed by atoms with Crippen LogP contribution in [0, 0.1) is 0 Å². The number of pyridine rings is 1. The number of fused-ring (bicyclic) bond motifs is 3. The Morgan fingerprint density at radius 1 is 1.03 bits per heavy atom. The van der Waals surface area contributed by atoms with Crippen molar-refractivity contribution in [3.63, 3.8) is 0 Å². The van der Waals surface area contributed by atoms with E-state index in [1.54, 1.807) is 12.3 Å². The number of carboxylic acids is 1. The molecule has 1 aromatic heterocycles. The Morgan fingerprint density at radius 3 is 2.31 bits per heavy atom. The summed E-state index contributed by atoms with van der Waals surface area (Å²) in [6, 6.07) is 18.6. The smallest absolute Gasteiger partial charge is 0.407 e. The van der Waals surface area contributed by atoms with Crippen molar-refractivity contribution in [1.29, 1.82) is 0 Å². The Kier molecular flexibility index (Phi) is 6.35. The SMILES string of the molecule is COc1ncccc1CC[C@H](NC(=O)OCC1c2ccccc2-c2ccccc21)C(=O)O. The zero-order chi connectivity index (χ0) is 22.5. The third-order valence-corrected chi connectivity index (χ3v) is 5.68. The number of aromatic nitrogens is 1. The molecule has 1 atom stereocenters. The van der Waals surface area contributed by atoms with E-state index >= 15 is 0 Å². The number of carboxylic acid groups (broad SMARTS) is 1. The maximum atomic E-state index is 12.4. The molecular weight excluding hydrogens is 408 g/mol. The highest BCUT2D eigenvalue weighted by Crippen LogP contribution is 2.44. The summed E-state index contributed by atoms with van der Waals surface area (Å²) in [6.07, 6.45) is 1.42. The number of hydrogen-bond acceptors (Lipinski definition) is 5. The van der Waals surface area contributed by atoms with Gasteiger partial charge in [-0.1, -0.05) is 54.6 Å². The fraction of sp³-hybridized carbons (Fsp3) is 0.240. The first-order valence-electron chi connectivity index (χ1n) is 10.4. The predicted molar refractivity (Wildman–Crippen MR) is 119 cm³/mol. The summed E-state index contributed by atoms with van der Waals surface area (Å²) >= 11 is 0. The Labute approximate surface area is 186 Å². The normalized spacial score (nSPS) is 13.0. The molecule has 0 saturated heterocycles. The van der Waals surface area contributed by atoms with Gasteiger partial charge < -0.3 is 19.9 Å². The zero-order valence-corrected chi connectivity index (χ0v) is 17.7. The lowest BCUT2D eigenvalue weighted by molar-refractivity contribution is -0.139. The van der Waals surface area contributed by atoms with E-state index in [9.17, 15) is 14.7 Å². The van der Waals surface area contributed by atoms with Gasteiger partial charge in [-0.25, -0.2) is 14.6 Å². The van der Waals surface area contributed by atoms with Crippen molar-refractivity contribution >= 4 is 12.1 Å². The van der Waals surface area contributed by atoms with Gasteiger partial charge >= 0.3 is 12.1 Å². The van der Waals surface area contributed by atoms with E-state index in [1.807, 2.05) is 42.5 Å². The van der Waals surface area contributed by atoms with Crippen molar-refractivity contribution in [2.75, 3.05) is 13.7 Å². The first-order chi connectivity index (χ1) is 15.6. The molecule has 1 aliphatic rings. The lowest BCUT2D eigenvalue weighted by Crippen LogP contribution is -2.41. The number of carbonyl (C=O) groups excluding carboxylic acids is 1. The molecule has 0 spiro atoms. The highest BCUT2D eigenvalue weighted by atomic mass is 16.5. The van der Waals surface area contributed by atoms with Gasteiger partial charge in [-0.15, -0.1) is 0 Å². The van der Waals surface area contributed by atoms with Crippen LogP contribution in [0.2, 0.25) is 0 Å². The van der Waals surface area contributed by atoms with Crippen LogP contribution < -0.4 is 10.1 Å². The van der Waals surface area contributed by atoms with E-state index in [-0.39, 0.29) is 18.9 Å². The standard InChI is InChI=1S/C25H24N2O5/c1-31-23-16(7-6-14-26-23)12-13-22(24(28)29)27-25(30)32-15-21-19-10-4-2-8-17(19)18-9-3-5-11-20(18)21/h2-11,14,21-22H,12-13,15H2,1H3,(H,27,30)(H,28,29)/t22-/m0/s1. The summed E-state index contributed by atoms with van der Waals surface area (Å²) < 4.78 is 10.7. The molecule has 4 rings (SSSR count). The van der Waals surface area contributed by atoms with Gasteiger partial charge in [0.2, 0.25) is 5.88 Å². The second-order valence-corrected chi connectivity index (χ2v) is 7.57. The number of ether oxygens (including phenoxy) is 2. The molecular formula is C25H24N2O5. The minimum atomic E-state index is -1.12. The fourth-order valence-corrected chi connectivity index (χ4v) is 4.14. The average molecular weight is 432 g/mol. The molecule has 0 fully saturated rings. The van der Waals surface area contributed by atoms with Crippen LogP contribution in [0.25, 0.3) is 11.1 Å². The maximum Gasteiger partial charge on any atom is 0.407 e. The number of hydrogen-bond donors (Lipinski definition) is 2. The van der Waals surface area contributed by atoms with Gasteiger partial charge in [-0.3, -0.25) is 0 Å². The first kappa shape index (κ1) is 21.4. The Hall–Kier alpha value is -3.87. The Balaban J connectivity index is 1.39. The van der Waals surface area contributed by atoms with Gasteiger partial charge in [0, 0.05) is 17.7 Å². The summed E-state index contributed by atoms with van der Waals surface area (Å²) in [5, 5.41) is 12.0. The van der Waals surface area contributed by atoms with Crippen LogP contribution in [-0.4, -0.2) is 41.9 Å². The molecule has 2 aromatic carbocycles. The molecule has 1 amide bonds. The van der Waals surface area contributed by atoms with Crippen molar-refractivity contribution in [3.8, 4) is 17.0 Å². The number of amides is 1. The number of rotatable bonds is 8. The summed E-state index contributed by atoms with van der Waals surface area (Å²) in [6.45, 7) is 0.128. The number of alkyl carbamates (subject to hydrolysis) is 1. The third kappa shape index (κ3) is 4.42. The number of aliphatic carboxylic acids is 1. The Bertz CT molecular complexity index is 1090. The van der Waals surface area contributed by atoms with E-state index in [4.69, 9.17) is 9.47 Å². The fourth-order valence-electron chi connectivity index (χ4n) is 4.14. The quantitative estimate of drug-likeness (QED) is 0.558. The van der Waals surface area contributed by atoms with Crippen LogP contribution in [-0.2, 0) is 16.0 Å². The number of aryl methyl sites for hydroxylation is 1. The number of carbonyl (C=O) groups is 2. The molecule has 3 aromatic rings. The van der Waals surface area contributed by atoms with E-state index in [0.717, 1.165) is 27.8 Å². The van der Waals surface area contributed by atoms with Crippen molar-refractivity contribution in [2.24, 2.45) is 0 Å². The van der Waals surface area contributed by atoms with Gasteiger partial charge in [0.1, 0.15) is 12.6 Å². The molecule has 2 N–H and O–H groups in total. The summed E-state index contributed by atoms with van der Waals surface area (Å²) in [5.74, 6) is -0.768. The molecule has 1 heterocycles. The van der Waals surface area contributed by atoms with Crippen molar-refractivity contribution in [3.05, 3.63) is 83.6 Å². The van der Waals surface area contributed by atoms with Gasteiger partial charge in [0.05, 0.1) is 7.11 Å². The monoisotopic (exact) mass is 432 g/mol. The molecule has 0 unspecified atom stereocenters. The van der Waals surface area contributed by atoms with Gasteiger partial charge in [-0.05, 0) is 41.2 Å². The second kappa shape index (κ2) is 9.51. The average Bonchev–Trinajstić information content (AvgIpc) is 3.14. The number of nitrogens with one attached hydrogen (secondary N) is 1. The molecule has 0 bridgehead atoms. The summed E-state index contributed by atoms with van der Waals surface area (Å²) in [5.41, 5.74) is 5.23. The van der Waals surface area contributed by atoms with Crippen LogP contribution in [0.1, 0.15) is 29.0 Å². The lowest BCUT2D eigenvalue weighted by atomic mass is 9.98. The van der Waals surface area contributed by atoms with E-state index in [1.165, 1.54) is 7.11 Å². The first-order valence-corrected chi connectivity index (χ1v) is 10.4. The van der Waals surface area contributed by atoms with Gasteiger partial charge in [0.25, 0.3) is 0 Å². The number of methoxy groups -OCH3 is 1. The van der Waals surface area contributed by atoms with Crippen LogP contribution in [0.5, 0.6) is 5.88 Å².